The summed E-state index contributed by atoms with van der Waals surface area (Å²) in [6.45, 7) is 2.30. The summed E-state index contributed by atoms with van der Waals surface area (Å²) in [5.74, 6) is -1.91. The topological polar surface area (TPSA) is 57.5 Å². The molecule has 1 aromatic rings. The average Bonchev–Trinajstić information content (AvgIpc) is 3.20. The van der Waals surface area contributed by atoms with Crippen LogP contribution in [0.3, 0.4) is 0 Å². The van der Waals surface area contributed by atoms with Gasteiger partial charge in [-0.2, -0.15) is 22.0 Å². The van der Waals surface area contributed by atoms with Crippen LogP contribution in [-0.2, 0) is 17.2 Å². The van der Waals surface area contributed by atoms with Gasteiger partial charge in [0.15, 0.2) is 0 Å². The fourth-order valence-corrected chi connectivity index (χ4v) is 9.48. The Hall–Kier alpha value is -1.22. The van der Waals surface area contributed by atoms with Gasteiger partial charge in [-0.15, -0.1) is 0 Å². The van der Waals surface area contributed by atoms with Gasteiger partial charge in [0.2, 0.25) is 0 Å². The molecule has 0 heterocycles. The third-order valence-corrected chi connectivity index (χ3v) is 12.0. The molecule has 0 aliphatic heterocycles. The van der Waals surface area contributed by atoms with Crippen LogP contribution < -0.4 is 0 Å². The van der Waals surface area contributed by atoms with Crippen molar-refractivity contribution < 1.29 is 36.4 Å². The van der Waals surface area contributed by atoms with Crippen molar-refractivity contribution in [1.82, 2.24) is 0 Å². The van der Waals surface area contributed by atoms with E-state index in [1.54, 1.807) is 0 Å². The molecule has 2 N–H and O–H groups in total. The van der Waals surface area contributed by atoms with Crippen LogP contribution in [0.15, 0.2) is 18.2 Å². The second-order valence-corrected chi connectivity index (χ2v) is 14.9. The lowest BCUT2D eigenvalue weighted by molar-refractivity contribution is -0.284. The Balaban J connectivity index is 1.15. The summed E-state index contributed by atoms with van der Waals surface area (Å²) < 4.78 is 74.5. The van der Waals surface area contributed by atoms with Crippen LogP contribution in [0.25, 0.3) is 0 Å². The van der Waals surface area contributed by atoms with Crippen LogP contribution in [-0.4, -0.2) is 44.1 Å². The lowest BCUT2D eigenvalue weighted by Gasteiger charge is -2.53. The molecule has 234 valence electrons. The van der Waals surface area contributed by atoms with Crippen LogP contribution in [0.5, 0.6) is 5.75 Å². The molecule has 3 aliphatic carbocycles. The smallest absolute Gasteiger partial charge is 0.453 e. The Morgan fingerprint density at radius 2 is 1.59 bits per heavy atom. The van der Waals surface area contributed by atoms with E-state index in [1.165, 1.54) is 11.1 Å². The van der Waals surface area contributed by atoms with Gasteiger partial charge in [-0.3, -0.25) is 4.21 Å². The highest BCUT2D eigenvalue weighted by Crippen LogP contribution is 2.62. The normalized spacial score (nSPS) is 30.5. The Bertz CT molecular complexity index is 1030. The molecule has 2 saturated carbocycles. The lowest BCUT2D eigenvalue weighted by Crippen LogP contribution is -2.47. The van der Waals surface area contributed by atoms with Gasteiger partial charge in [-0.1, -0.05) is 51.5 Å². The molecule has 0 aromatic heterocycles. The van der Waals surface area contributed by atoms with E-state index in [0.29, 0.717) is 41.6 Å². The van der Waals surface area contributed by atoms with Crippen molar-refractivity contribution in [3.63, 3.8) is 0 Å². The number of aromatic hydroxyl groups is 1. The number of rotatable bonds is 14. The van der Waals surface area contributed by atoms with E-state index in [9.17, 15) is 36.4 Å². The highest BCUT2D eigenvalue weighted by molar-refractivity contribution is 7.84. The maximum absolute atomic E-state index is 13.0. The highest BCUT2D eigenvalue weighted by Gasteiger charge is 2.57. The van der Waals surface area contributed by atoms with E-state index in [2.05, 4.69) is 13.0 Å². The molecule has 0 radical (unpaired) electrons. The number of hydrogen-bond acceptors (Lipinski definition) is 3. The first-order chi connectivity index (χ1) is 19.3. The molecule has 3 aliphatic rings. The van der Waals surface area contributed by atoms with E-state index >= 15 is 0 Å². The van der Waals surface area contributed by atoms with Crippen molar-refractivity contribution in [3.8, 4) is 5.75 Å². The molecule has 41 heavy (non-hydrogen) atoms. The summed E-state index contributed by atoms with van der Waals surface area (Å²) in [5, 5.41) is 21.0. The molecule has 0 amide bonds. The van der Waals surface area contributed by atoms with E-state index < -0.39 is 35.7 Å². The number of phenolic OH excluding ortho intramolecular Hbond substituents is 1. The fraction of sp³-hybridized carbons (Fsp3) is 0.812. The number of aliphatic hydroxyl groups is 1. The van der Waals surface area contributed by atoms with E-state index in [1.807, 2.05) is 12.1 Å². The zero-order valence-electron chi connectivity index (χ0n) is 24.2. The molecule has 0 saturated heterocycles. The van der Waals surface area contributed by atoms with Crippen LogP contribution in [0.4, 0.5) is 22.0 Å². The molecule has 9 heteroatoms. The molecular formula is C32H47F5O3S. The van der Waals surface area contributed by atoms with E-state index in [4.69, 9.17) is 0 Å². The van der Waals surface area contributed by atoms with Crippen LogP contribution in [0, 0.1) is 23.2 Å². The first-order valence-corrected chi connectivity index (χ1v) is 17.1. The van der Waals surface area contributed by atoms with Crippen molar-refractivity contribution in [3.05, 3.63) is 29.3 Å². The van der Waals surface area contributed by atoms with Gasteiger partial charge in [0, 0.05) is 28.7 Å². The summed E-state index contributed by atoms with van der Waals surface area (Å²) >= 11 is 0. The third-order valence-electron chi connectivity index (χ3n) is 10.6. The predicted octanol–water partition coefficient (Wildman–Crippen LogP) is 8.68. The van der Waals surface area contributed by atoms with Gasteiger partial charge in [0.1, 0.15) is 5.75 Å². The molecule has 1 unspecified atom stereocenters. The standard InChI is InChI=1S/C32H47F5O3S/c1-30-17-15-26-25-12-11-24(38)21-23(25)20-22(29(26)27(30)13-14-28(30)39)10-7-5-3-2-4-6-8-18-41(40)19-9-16-31(33,34)32(35,36)37/h11-12,21-22,26-29,38-39H,2-10,13-20H2,1H3/t22-,26-,27+,28+,29-,30+,41?/m1/s1/i10+1. The molecule has 2 fully saturated rings. The third kappa shape index (κ3) is 7.66. The van der Waals surface area contributed by atoms with E-state index in [0.717, 1.165) is 77.0 Å². The van der Waals surface area contributed by atoms with Crippen LogP contribution in [0.1, 0.15) is 114 Å². The predicted molar refractivity (Wildman–Crippen MR) is 153 cm³/mol. The summed E-state index contributed by atoms with van der Waals surface area (Å²) in [5.41, 5.74) is 2.73. The van der Waals surface area contributed by atoms with Gasteiger partial charge in [-0.25, -0.2) is 0 Å². The summed E-state index contributed by atoms with van der Waals surface area (Å²) in [4.78, 5) is 0. The molecule has 7 atom stereocenters. The number of fused-ring (bicyclic) bond motifs is 5. The number of alkyl halides is 5. The Morgan fingerprint density at radius 3 is 2.29 bits per heavy atom. The van der Waals surface area contributed by atoms with Crippen LogP contribution in [0.2, 0.25) is 0 Å². The largest absolute Gasteiger partial charge is 0.508 e. The van der Waals surface area contributed by atoms with Gasteiger partial charge in [-0.05, 0) is 104 Å². The molecule has 3 nitrogen and oxygen atoms in total. The number of hydrogen-bond donors (Lipinski definition) is 2. The van der Waals surface area contributed by atoms with Crippen molar-refractivity contribution in [2.75, 3.05) is 11.5 Å². The second kappa shape index (κ2) is 13.6. The monoisotopic (exact) mass is 607 g/mol. The summed E-state index contributed by atoms with van der Waals surface area (Å²) in [6.07, 6.45) is 5.97. The van der Waals surface area contributed by atoms with Crippen LogP contribution >= 0.6 is 0 Å². The van der Waals surface area contributed by atoms with Gasteiger partial charge >= 0.3 is 12.1 Å². The lowest BCUT2D eigenvalue weighted by atomic mass is 9.53. The molecular weight excluding hydrogens is 560 g/mol. The number of phenols is 1. The molecule has 4 rings (SSSR count). The summed E-state index contributed by atoms with van der Waals surface area (Å²) in [6, 6.07) is 5.92. The zero-order valence-corrected chi connectivity index (χ0v) is 25.1. The Labute approximate surface area is 244 Å². The van der Waals surface area contributed by atoms with Crippen molar-refractivity contribution in [2.45, 2.75) is 127 Å². The fourth-order valence-electron chi connectivity index (χ4n) is 8.28. The van der Waals surface area contributed by atoms with Gasteiger partial charge < -0.3 is 10.2 Å². The summed E-state index contributed by atoms with van der Waals surface area (Å²) in [7, 11) is -1.35. The van der Waals surface area contributed by atoms with Crippen molar-refractivity contribution in [2.24, 2.45) is 23.2 Å². The molecule has 0 spiro atoms. The van der Waals surface area contributed by atoms with Gasteiger partial charge in [0.05, 0.1) is 6.10 Å². The highest BCUT2D eigenvalue weighted by atomic mass is 32.2. The maximum atomic E-state index is 13.0. The molecule has 0 bridgehead atoms. The van der Waals surface area contributed by atoms with Gasteiger partial charge in [0.25, 0.3) is 0 Å². The van der Waals surface area contributed by atoms with Crippen molar-refractivity contribution in [1.29, 1.82) is 0 Å². The minimum Gasteiger partial charge on any atom is -0.508 e. The molecule has 1 aromatic carbocycles. The quantitative estimate of drug-likeness (QED) is 0.126. The Morgan fingerprint density at radius 1 is 0.927 bits per heavy atom. The number of aliphatic hydroxyl groups excluding tert-OH is 1. The Kier molecular flexibility index (Phi) is 10.8. The minimum atomic E-state index is -5.54. The van der Waals surface area contributed by atoms with E-state index in [-0.39, 0.29) is 17.3 Å². The number of benzene rings is 1. The second-order valence-electron chi connectivity index (χ2n) is 13.2. The van der Waals surface area contributed by atoms with Crippen molar-refractivity contribution >= 4 is 10.8 Å². The SMILES string of the molecule is C[C@]12CC[C@@H]3c4ccc(O)cc4C[C@@H]([13CH2]CCCCCCCCS(=O)CCCC(F)(F)C(F)(F)F)[C@H]3[C@@H]1CC[C@@H]2O. The maximum Gasteiger partial charge on any atom is 0.453 e. The zero-order chi connectivity index (χ0) is 29.8. The minimum absolute atomic E-state index is 0.0195. The first kappa shape index (κ1) is 32.7. The first-order valence-electron chi connectivity index (χ1n) is 15.6. The average molecular weight is 608 g/mol. The number of halogens is 5. The number of unbranched alkanes of at least 4 members (excludes halogenated alkanes) is 6.